The average molecular weight is 294 g/mol. The van der Waals surface area contributed by atoms with Crippen LogP contribution in [0, 0.1) is 6.92 Å². The topological polar surface area (TPSA) is 80.9 Å². The van der Waals surface area contributed by atoms with Gasteiger partial charge in [-0.2, -0.15) is 4.98 Å². The number of hydrogen-bond donors (Lipinski definition) is 1. The summed E-state index contributed by atoms with van der Waals surface area (Å²) in [4.78, 5) is 20.1. The minimum atomic E-state index is -0.210. The second-order valence-electron chi connectivity index (χ2n) is 4.80. The lowest BCUT2D eigenvalue weighted by Gasteiger charge is -2.01. The lowest BCUT2D eigenvalue weighted by molar-refractivity contribution is 0.0946. The van der Waals surface area contributed by atoms with E-state index >= 15 is 0 Å². The van der Waals surface area contributed by atoms with Crippen LogP contribution in [-0.4, -0.2) is 21.0 Å². The fraction of sp³-hybridized carbons (Fsp3) is 0.125. The van der Waals surface area contributed by atoms with Crippen LogP contribution in [0.5, 0.6) is 0 Å². The van der Waals surface area contributed by atoms with Crippen molar-refractivity contribution in [1.29, 1.82) is 0 Å². The van der Waals surface area contributed by atoms with E-state index in [0.717, 1.165) is 11.1 Å². The molecule has 0 saturated heterocycles. The highest BCUT2D eigenvalue weighted by Crippen LogP contribution is 2.16. The predicted molar refractivity (Wildman–Crippen MR) is 79.9 cm³/mol. The van der Waals surface area contributed by atoms with E-state index in [-0.39, 0.29) is 12.5 Å². The van der Waals surface area contributed by atoms with Crippen molar-refractivity contribution in [1.82, 2.24) is 20.4 Å². The molecule has 0 aliphatic heterocycles. The number of pyridine rings is 1. The number of amides is 1. The molecule has 0 atom stereocenters. The number of carbonyl (C=O) groups is 1. The summed E-state index contributed by atoms with van der Waals surface area (Å²) in [5.74, 6) is 0.661. The third-order valence-electron chi connectivity index (χ3n) is 3.09. The Kier molecular flexibility index (Phi) is 3.91. The van der Waals surface area contributed by atoms with E-state index in [4.69, 9.17) is 4.52 Å². The molecule has 6 heteroatoms. The normalized spacial score (nSPS) is 10.4. The fourth-order valence-electron chi connectivity index (χ4n) is 1.99. The number of hydrogen-bond acceptors (Lipinski definition) is 5. The minimum absolute atomic E-state index is 0.181. The first-order chi connectivity index (χ1) is 10.7. The van der Waals surface area contributed by atoms with Gasteiger partial charge in [-0.25, -0.2) is 0 Å². The van der Waals surface area contributed by atoms with Crippen molar-refractivity contribution in [2.24, 2.45) is 0 Å². The van der Waals surface area contributed by atoms with E-state index < -0.39 is 0 Å². The highest BCUT2D eigenvalue weighted by molar-refractivity contribution is 5.93. The zero-order valence-corrected chi connectivity index (χ0v) is 12.0. The van der Waals surface area contributed by atoms with Gasteiger partial charge in [-0.1, -0.05) is 28.9 Å². The number of aryl methyl sites for hydroxylation is 1. The molecule has 0 fully saturated rings. The summed E-state index contributed by atoms with van der Waals surface area (Å²) in [5.41, 5.74) is 2.54. The van der Waals surface area contributed by atoms with Crippen LogP contribution in [0.4, 0.5) is 0 Å². The van der Waals surface area contributed by atoms with E-state index in [2.05, 4.69) is 20.4 Å². The summed E-state index contributed by atoms with van der Waals surface area (Å²) < 4.78 is 5.16. The first-order valence-electron chi connectivity index (χ1n) is 6.80. The van der Waals surface area contributed by atoms with Crippen LogP contribution < -0.4 is 5.32 Å². The second kappa shape index (κ2) is 6.17. The van der Waals surface area contributed by atoms with Crippen molar-refractivity contribution in [3.05, 3.63) is 65.8 Å². The average Bonchev–Trinajstić information content (AvgIpc) is 3.02. The summed E-state index contributed by atoms with van der Waals surface area (Å²) >= 11 is 0. The summed E-state index contributed by atoms with van der Waals surface area (Å²) in [6.07, 6.45) is 3.13. The van der Waals surface area contributed by atoms with Crippen LogP contribution in [0.2, 0.25) is 0 Å². The van der Waals surface area contributed by atoms with Crippen molar-refractivity contribution in [2.75, 3.05) is 0 Å². The molecule has 1 amide bonds. The molecule has 2 aromatic heterocycles. The fourth-order valence-corrected chi connectivity index (χ4v) is 1.99. The molecular weight excluding hydrogens is 280 g/mol. The Morgan fingerprint density at radius 1 is 1.23 bits per heavy atom. The van der Waals surface area contributed by atoms with Gasteiger partial charge >= 0.3 is 0 Å². The Morgan fingerprint density at radius 3 is 2.82 bits per heavy atom. The monoisotopic (exact) mass is 294 g/mol. The summed E-state index contributed by atoms with van der Waals surface area (Å²) in [5, 5.41) is 6.66. The lowest BCUT2D eigenvalue weighted by atomic mass is 10.1. The summed E-state index contributed by atoms with van der Waals surface area (Å²) in [6.45, 7) is 2.18. The highest BCUT2D eigenvalue weighted by atomic mass is 16.5. The van der Waals surface area contributed by atoms with Gasteiger partial charge in [0.25, 0.3) is 5.91 Å². The molecule has 0 aliphatic rings. The van der Waals surface area contributed by atoms with E-state index in [0.29, 0.717) is 17.3 Å². The van der Waals surface area contributed by atoms with Crippen LogP contribution in [0.1, 0.15) is 21.8 Å². The van der Waals surface area contributed by atoms with Gasteiger partial charge in [0.1, 0.15) is 0 Å². The molecule has 0 radical (unpaired) electrons. The Labute approximate surface area is 127 Å². The van der Waals surface area contributed by atoms with Gasteiger partial charge in [0.15, 0.2) is 0 Å². The standard InChI is InChI=1S/C16H14N4O2/c1-11-3-2-4-13(9-11)15-19-14(22-20-15)10-18-16(21)12-5-7-17-8-6-12/h2-9H,10H2,1H3,(H,18,21). The van der Waals surface area contributed by atoms with Gasteiger partial charge in [-0.15, -0.1) is 0 Å². The molecule has 0 spiro atoms. The number of benzene rings is 1. The van der Waals surface area contributed by atoms with Gasteiger partial charge < -0.3 is 9.84 Å². The molecule has 6 nitrogen and oxygen atoms in total. The maximum Gasteiger partial charge on any atom is 0.251 e. The molecule has 110 valence electrons. The van der Waals surface area contributed by atoms with Crippen molar-refractivity contribution in [3.63, 3.8) is 0 Å². The van der Waals surface area contributed by atoms with Gasteiger partial charge in [-0.3, -0.25) is 9.78 Å². The highest BCUT2D eigenvalue weighted by Gasteiger charge is 2.10. The number of nitrogens with zero attached hydrogens (tertiary/aromatic N) is 3. The number of carbonyl (C=O) groups excluding carboxylic acids is 1. The first-order valence-corrected chi connectivity index (χ1v) is 6.80. The molecule has 3 aromatic rings. The number of nitrogens with one attached hydrogen (secondary N) is 1. The smallest absolute Gasteiger partial charge is 0.251 e. The third kappa shape index (κ3) is 3.17. The number of aromatic nitrogens is 3. The molecule has 22 heavy (non-hydrogen) atoms. The number of rotatable bonds is 4. The van der Waals surface area contributed by atoms with Crippen LogP contribution in [-0.2, 0) is 6.54 Å². The molecule has 0 saturated carbocycles. The molecule has 0 unspecified atom stereocenters. The maximum absolute atomic E-state index is 11.9. The second-order valence-corrected chi connectivity index (χ2v) is 4.80. The van der Waals surface area contributed by atoms with Crippen molar-refractivity contribution >= 4 is 5.91 Å². The third-order valence-corrected chi connectivity index (χ3v) is 3.09. The molecular formula is C16H14N4O2. The summed E-state index contributed by atoms with van der Waals surface area (Å²) in [7, 11) is 0. The van der Waals surface area contributed by atoms with E-state index in [1.165, 1.54) is 0 Å². The molecule has 3 rings (SSSR count). The van der Waals surface area contributed by atoms with Crippen molar-refractivity contribution < 1.29 is 9.32 Å². The van der Waals surface area contributed by atoms with Crippen molar-refractivity contribution in [3.8, 4) is 11.4 Å². The maximum atomic E-state index is 11.9. The largest absolute Gasteiger partial charge is 0.343 e. The molecule has 1 N–H and O–H groups in total. The predicted octanol–water partition coefficient (Wildman–Crippen LogP) is 2.37. The van der Waals surface area contributed by atoms with Crippen LogP contribution in [0.3, 0.4) is 0 Å². The van der Waals surface area contributed by atoms with E-state index in [9.17, 15) is 4.79 Å². The minimum Gasteiger partial charge on any atom is -0.343 e. The Morgan fingerprint density at radius 2 is 2.05 bits per heavy atom. The Balaban J connectivity index is 1.66. The zero-order chi connectivity index (χ0) is 15.4. The molecule has 1 aromatic carbocycles. The van der Waals surface area contributed by atoms with Crippen LogP contribution in [0.25, 0.3) is 11.4 Å². The van der Waals surface area contributed by atoms with Gasteiger partial charge in [-0.05, 0) is 25.1 Å². The van der Waals surface area contributed by atoms with E-state index in [1.807, 2.05) is 31.2 Å². The van der Waals surface area contributed by atoms with E-state index in [1.54, 1.807) is 24.5 Å². The van der Waals surface area contributed by atoms with Gasteiger partial charge in [0.05, 0.1) is 6.54 Å². The first kappa shape index (κ1) is 13.9. The van der Waals surface area contributed by atoms with Crippen LogP contribution in [0.15, 0.2) is 53.3 Å². The Hall–Kier alpha value is -3.02. The van der Waals surface area contributed by atoms with Crippen molar-refractivity contribution in [2.45, 2.75) is 13.5 Å². The molecule has 0 aliphatic carbocycles. The quantitative estimate of drug-likeness (QED) is 0.799. The zero-order valence-electron chi connectivity index (χ0n) is 12.0. The summed E-state index contributed by atoms with van der Waals surface area (Å²) in [6, 6.07) is 11.1. The molecule has 0 bridgehead atoms. The van der Waals surface area contributed by atoms with Gasteiger partial charge in [0.2, 0.25) is 11.7 Å². The molecule has 2 heterocycles. The SMILES string of the molecule is Cc1cccc(-c2noc(CNC(=O)c3ccncc3)n2)c1. The van der Waals surface area contributed by atoms with Crippen LogP contribution >= 0.6 is 0 Å². The van der Waals surface area contributed by atoms with Gasteiger partial charge in [0, 0.05) is 23.5 Å². The lowest BCUT2D eigenvalue weighted by Crippen LogP contribution is -2.22. The Bertz CT molecular complexity index is 784.